The maximum atomic E-state index is 12.4. The Hall–Kier alpha value is -2.18. The van der Waals surface area contributed by atoms with Crippen molar-refractivity contribution in [1.82, 2.24) is 14.5 Å². The van der Waals surface area contributed by atoms with E-state index in [9.17, 15) is 14.4 Å². The van der Waals surface area contributed by atoms with Crippen LogP contribution in [0.5, 0.6) is 0 Å². The predicted octanol–water partition coefficient (Wildman–Crippen LogP) is 1.21. The van der Waals surface area contributed by atoms with Gasteiger partial charge in [0.25, 0.3) is 5.56 Å². The number of aromatic nitrogens is 2. The van der Waals surface area contributed by atoms with Gasteiger partial charge in [0.05, 0.1) is 6.04 Å². The minimum absolute atomic E-state index is 0.0423. The molecule has 0 unspecified atom stereocenters. The van der Waals surface area contributed by atoms with Crippen LogP contribution >= 0.6 is 0 Å². The SMILES string of the molecule is CC[C@@H](C(C)=O)n1ccnc(NCCCN2CCCC2=O)c1=O. The second kappa shape index (κ2) is 7.89. The first-order chi connectivity index (χ1) is 11.0. The van der Waals surface area contributed by atoms with Gasteiger partial charge in [0.15, 0.2) is 11.6 Å². The molecule has 1 aromatic rings. The first kappa shape index (κ1) is 17.2. The van der Waals surface area contributed by atoms with Gasteiger partial charge in [-0.25, -0.2) is 4.98 Å². The first-order valence-electron chi connectivity index (χ1n) is 8.13. The molecule has 7 heteroatoms. The highest BCUT2D eigenvalue weighted by molar-refractivity contribution is 5.80. The summed E-state index contributed by atoms with van der Waals surface area (Å²) in [6.45, 7) is 5.44. The van der Waals surface area contributed by atoms with Crippen molar-refractivity contribution in [1.29, 1.82) is 0 Å². The van der Waals surface area contributed by atoms with E-state index in [1.54, 1.807) is 6.20 Å². The molecule has 0 aliphatic carbocycles. The Kier molecular flexibility index (Phi) is 5.90. The number of hydrogen-bond donors (Lipinski definition) is 1. The lowest BCUT2D eigenvalue weighted by Gasteiger charge is -2.17. The maximum absolute atomic E-state index is 12.4. The second-order valence-electron chi connectivity index (χ2n) is 5.79. The number of anilines is 1. The lowest BCUT2D eigenvalue weighted by Crippen LogP contribution is -2.31. The van der Waals surface area contributed by atoms with Gasteiger partial charge in [-0.2, -0.15) is 0 Å². The molecular formula is C16H24N4O3. The van der Waals surface area contributed by atoms with Crippen molar-refractivity contribution in [3.8, 4) is 0 Å². The molecule has 1 N–H and O–H groups in total. The van der Waals surface area contributed by atoms with Crippen molar-refractivity contribution in [2.45, 2.75) is 45.6 Å². The Morgan fingerprint density at radius 2 is 2.22 bits per heavy atom. The molecule has 1 aliphatic rings. The standard InChI is InChI=1S/C16H24N4O3/c1-3-13(12(2)21)20-11-8-18-15(16(20)23)17-7-5-10-19-9-4-6-14(19)22/h8,11,13H,3-7,9-10H2,1-2H3,(H,17,18)/t13-/m0/s1. The zero-order chi connectivity index (χ0) is 16.8. The van der Waals surface area contributed by atoms with Crippen molar-refractivity contribution in [2.75, 3.05) is 25.0 Å². The van der Waals surface area contributed by atoms with Crippen molar-refractivity contribution < 1.29 is 9.59 Å². The summed E-state index contributed by atoms with van der Waals surface area (Å²) in [7, 11) is 0. The molecule has 1 fully saturated rings. The number of Topliss-reactive ketones (excluding diaryl/α,β-unsaturated/α-hetero) is 1. The van der Waals surface area contributed by atoms with Crippen LogP contribution in [0.3, 0.4) is 0 Å². The molecule has 0 spiro atoms. The van der Waals surface area contributed by atoms with Crippen LogP contribution in [-0.2, 0) is 9.59 Å². The Balaban J connectivity index is 1.94. The molecule has 2 rings (SSSR count). The lowest BCUT2D eigenvalue weighted by atomic mass is 10.1. The topological polar surface area (TPSA) is 84.3 Å². The second-order valence-corrected chi connectivity index (χ2v) is 5.79. The number of nitrogens with zero attached hydrogens (tertiary/aromatic N) is 3. The number of carbonyl (C=O) groups excluding carboxylic acids is 2. The Bertz CT molecular complexity index is 626. The highest BCUT2D eigenvalue weighted by Gasteiger charge is 2.19. The van der Waals surface area contributed by atoms with Crippen LogP contribution in [-0.4, -0.2) is 45.8 Å². The third kappa shape index (κ3) is 4.18. The zero-order valence-corrected chi connectivity index (χ0v) is 13.7. The van der Waals surface area contributed by atoms with Gasteiger partial charge in [0, 0.05) is 38.4 Å². The summed E-state index contributed by atoms with van der Waals surface area (Å²) >= 11 is 0. The molecule has 23 heavy (non-hydrogen) atoms. The minimum Gasteiger partial charge on any atom is -0.365 e. The van der Waals surface area contributed by atoms with Crippen LogP contribution in [0, 0.1) is 0 Å². The summed E-state index contributed by atoms with van der Waals surface area (Å²) in [4.78, 5) is 41.5. The van der Waals surface area contributed by atoms with Crippen LogP contribution in [0.2, 0.25) is 0 Å². The van der Waals surface area contributed by atoms with Gasteiger partial charge in [-0.15, -0.1) is 0 Å². The van der Waals surface area contributed by atoms with Gasteiger partial charge in [0.2, 0.25) is 5.91 Å². The number of amides is 1. The molecule has 1 amide bonds. The number of nitrogens with one attached hydrogen (secondary N) is 1. The molecule has 0 saturated carbocycles. The molecule has 126 valence electrons. The van der Waals surface area contributed by atoms with Gasteiger partial charge in [-0.05, 0) is 26.2 Å². The van der Waals surface area contributed by atoms with Gasteiger partial charge in [-0.1, -0.05) is 6.92 Å². The van der Waals surface area contributed by atoms with Gasteiger partial charge < -0.3 is 14.8 Å². The van der Waals surface area contributed by atoms with Crippen molar-refractivity contribution >= 4 is 17.5 Å². The summed E-state index contributed by atoms with van der Waals surface area (Å²) in [5, 5.41) is 3.02. The summed E-state index contributed by atoms with van der Waals surface area (Å²) < 4.78 is 1.43. The van der Waals surface area contributed by atoms with E-state index < -0.39 is 6.04 Å². The third-order valence-corrected chi connectivity index (χ3v) is 4.13. The van der Waals surface area contributed by atoms with E-state index in [0.717, 1.165) is 19.4 Å². The average molecular weight is 320 g/mol. The van der Waals surface area contributed by atoms with E-state index >= 15 is 0 Å². The summed E-state index contributed by atoms with van der Waals surface area (Å²) in [5.41, 5.74) is -0.285. The molecule has 0 bridgehead atoms. The van der Waals surface area contributed by atoms with Crippen LogP contribution in [0.4, 0.5) is 5.82 Å². The largest absolute Gasteiger partial charge is 0.365 e. The Labute approximate surface area is 135 Å². The fourth-order valence-corrected chi connectivity index (χ4v) is 2.89. The van der Waals surface area contributed by atoms with E-state index in [1.165, 1.54) is 17.7 Å². The summed E-state index contributed by atoms with van der Waals surface area (Å²) in [6, 6.07) is -0.451. The summed E-state index contributed by atoms with van der Waals surface area (Å²) in [6.07, 6.45) is 5.97. The first-order valence-corrected chi connectivity index (χ1v) is 8.13. The number of hydrogen-bond acceptors (Lipinski definition) is 5. The van der Waals surface area contributed by atoms with Crippen molar-refractivity contribution in [2.24, 2.45) is 0 Å². The van der Waals surface area contributed by atoms with Crippen molar-refractivity contribution in [3.05, 3.63) is 22.7 Å². The van der Waals surface area contributed by atoms with E-state index in [-0.39, 0.29) is 23.1 Å². The maximum Gasteiger partial charge on any atom is 0.293 e. The minimum atomic E-state index is -0.451. The summed E-state index contributed by atoms with van der Waals surface area (Å²) in [5.74, 6) is 0.414. The monoisotopic (exact) mass is 320 g/mol. The fourth-order valence-electron chi connectivity index (χ4n) is 2.89. The van der Waals surface area contributed by atoms with E-state index in [0.29, 0.717) is 25.9 Å². The molecule has 1 aromatic heterocycles. The van der Waals surface area contributed by atoms with Gasteiger partial charge in [0.1, 0.15) is 0 Å². The van der Waals surface area contributed by atoms with E-state index in [2.05, 4.69) is 10.3 Å². The molecule has 0 radical (unpaired) electrons. The Morgan fingerprint density at radius 1 is 1.43 bits per heavy atom. The normalized spacial score (nSPS) is 15.7. The molecule has 0 aromatic carbocycles. The van der Waals surface area contributed by atoms with E-state index in [4.69, 9.17) is 0 Å². The highest BCUT2D eigenvalue weighted by atomic mass is 16.2. The van der Waals surface area contributed by atoms with Crippen molar-refractivity contribution in [3.63, 3.8) is 0 Å². The Morgan fingerprint density at radius 3 is 2.83 bits per heavy atom. The van der Waals surface area contributed by atoms with Crippen LogP contribution < -0.4 is 10.9 Å². The molecule has 1 saturated heterocycles. The molecular weight excluding hydrogens is 296 g/mol. The van der Waals surface area contributed by atoms with Crippen LogP contribution in [0.25, 0.3) is 0 Å². The van der Waals surface area contributed by atoms with Gasteiger partial charge >= 0.3 is 0 Å². The fraction of sp³-hybridized carbons (Fsp3) is 0.625. The lowest BCUT2D eigenvalue weighted by molar-refractivity contribution is -0.127. The molecule has 7 nitrogen and oxygen atoms in total. The highest BCUT2D eigenvalue weighted by Crippen LogP contribution is 2.11. The van der Waals surface area contributed by atoms with Gasteiger partial charge in [-0.3, -0.25) is 14.4 Å². The molecule has 1 aliphatic heterocycles. The number of ketones is 1. The number of carbonyl (C=O) groups is 2. The molecule has 2 heterocycles. The third-order valence-electron chi connectivity index (χ3n) is 4.13. The van der Waals surface area contributed by atoms with Crippen LogP contribution in [0.1, 0.15) is 45.6 Å². The number of rotatable bonds is 8. The quantitative estimate of drug-likeness (QED) is 0.728. The zero-order valence-electron chi connectivity index (χ0n) is 13.7. The molecule has 1 atom stereocenters. The number of likely N-dealkylation sites (tertiary alicyclic amines) is 1. The van der Waals surface area contributed by atoms with E-state index in [1.807, 2.05) is 11.8 Å². The predicted molar refractivity (Wildman–Crippen MR) is 87.4 cm³/mol. The average Bonchev–Trinajstić information content (AvgIpc) is 2.92. The van der Waals surface area contributed by atoms with Crippen LogP contribution in [0.15, 0.2) is 17.2 Å². The smallest absolute Gasteiger partial charge is 0.293 e.